The maximum Gasteiger partial charge on any atom is 0.416 e. The highest BCUT2D eigenvalue weighted by Gasteiger charge is 2.35. The molecule has 3 rings (SSSR count). The van der Waals surface area contributed by atoms with Crippen molar-refractivity contribution in [2.24, 2.45) is 0 Å². The number of carbonyl (C=O) groups is 3. The topological polar surface area (TPSA) is 82.6 Å². The van der Waals surface area contributed by atoms with E-state index in [1.54, 1.807) is 0 Å². The van der Waals surface area contributed by atoms with E-state index < -0.39 is 36.1 Å². The van der Waals surface area contributed by atoms with Gasteiger partial charge in [-0.2, -0.15) is 13.2 Å². The molecule has 1 saturated heterocycles. The molecule has 0 unspecified atom stereocenters. The Morgan fingerprint density at radius 3 is 2.50 bits per heavy atom. The van der Waals surface area contributed by atoms with E-state index in [0.717, 1.165) is 33.2 Å². The van der Waals surface area contributed by atoms with Gasteiger partial charge in [0.2, 0.25) is 5.91 Å². The largest absolute Gasteiger partial charge is 0.416 e. The Morgan fingerprint density at radius 2 is 1.93 bits per heavy atom. The monoisotopic (exact) mass is 412 g/mol. The number of halogens is 3. The molecule has 1 aliphatic rings. The van der Waals surface area contributed by atoms with E-state index in [-0.39, 0.29) is 11.7 Å². The number of thiazole rings is 1. The molecule has 7 nitrogen and oxygen atoms in total. The van der Waals surface area contributed by atoms with Gasteiger partial charge in [-0.15, -0.1) is 11.3 Å². The van der Waals surface area contributed by atoms with Crippen molar-refractivity contribution in [1.29, 1.82) is 0 Å². The molecule has 1 fully saturated rings. The highest BCUT2D eigenvalue weighted by atomic mass is 32.1. The van der Waals surface area contributed by atoms with Crippen LogP contribution in [-0.4, -0.2) is 52.8 Å². The number of hydrogen-bond acceptors (Lipinski definition) is 5. The first-order valence-electron chi connectivity index (χ1n) is 8.09. The smallest absolute Gasteiger partial charge is 0.318 e. The van der Waals surface area contributed by atoms with E-state index in [1.165, 1.54) is 30.3 Å². The Hall–Kier alpha value is -2.95. The lowest BCUT2D eigenvalue weighted by Crippen LogP contribution is -2.38. The second kappa shape index (κ2) is 7.58. The van der Waals surface area contributed by atoms with Crippen LogP contribution in [0, 0.1) is 0 Å². The Balaban J connectivity index is 1.57. The average molecular weight is 412 g/mol. The Morgan fingerprint density at radius 1 is 1.25 bits per heavy atom. The number of urea groups is 1. The number of anilines is 1. The predicted octanol–water partition coefficient (Wildman–Crippen LogP) is 2.59. The predicted molar refractivity (Wildman–Crippen MR) is 94.7 cm³/mol. The standard InChI is InChI=1S/C17H15F3N4O3S/c1-23-9-14(26)24(16(23)27)8-13(25)22-15-21-7-12(28-15)6-10-2-4-11(5-3-10)17(18,19)20/h2-5,7H,6,8-9H2,1H3,(H,21,22,25). The van der Waals surface area contributed by atoms with Gasteiger partial charge in [0.15, 0.2) is 5.13 Å². The van der Waals surface area contributed by atoms with Gasteiger partial charge in [0.1, 0.15) is 13.1 Å². The van der Waals surface area contributed by atoms with E-state index in [0.29, 0.717) is 12.0 Å². The van der Waals surface area contributed by atoms with Crippen LogP contribution in [0.4, 0.5) is 23.1 Å². The van der Waals surface area contributed by atoms with Crippen LogP contribution in [0.25, 0.3) is 0 Å². The molecule has 1 N–H and O–H groups in total. The first kappa shape index (κ1) is 19.8. The van der Waals surface area contributed by atoms with Gasteiger partial charge < -0.3 is 10.2 Å². The number of amides is 4. The Bertz CT molecular complexity index is 911. The molecule has 1 aromatic heterocycles. The highest BCUT2D eigenvalue weighted by molar-refractivity contribution is 7.15. The Kier molecular flexibility index (Phi) is 5.36. The van der Waals surface area contributed by atoms with Crippen LogP contribution in [0.15, 0.2) is 30.5 Å². The maximum atomic E-state index is 12.6. The fourth-order valence-electron chi connectivity index (χ4n) is 2.59. The Labute approximate surface area is 161 Å². The van der Waals surface area contributed by atoms with E-state index >= 15 is 0 Å². The SMILES string of the molecule is CN1CC(=O)N(CC(=O)Nc2ncc(Cc3ccc(C(F)(F)F)cc3)s2)C1=O. The zero-order chi connectivity index (χ0) is 20.5. The minimum atomic E-state index is -4.38. The van der Waals surface area contributed by atoms with E-state index in [9.17, 15) is 27.6 Å². The van der Waals surface area contributed by atoms with Crippen molar-refractivity contribution in [3.05, 3.63) is 46.5 Å². The number of imide groups is 1. The summed E-state index contributed by atoms with van der Waals surface area (Å²) in [5.74, 6) is -1.02. The molecule has 148 valence electrons. The van der Waals surface area contributed by atoms with Gasteiger partial charge in [0.25, 0.3) is 5.91 Å². The van der Waals surface area contributed by atoms with E-state index in [2.05, 4.69) is 10.3 Å². The number of carbonyl (C=O) groups excluding carboxylic acids is 3. The summed E-state index contributed by atoms with van der Waals surface area (Å²) in [6.45, 7) is -0.476. The van der Waals surface area contributed by atoms with E-state index in [1.807, 2.05) is 0 Å². The summed E-state index contributed by atoms with van der Waals surface area (Å²) >= 11 is 1.16. The van der Waals surface area contributed by atoms with Gasteiger partial charge in [-0.25, -0.2) is 9.78 Å². The van der Waals surface area contributed by atoms with Gasteiger partial charge in [-0.1, -0.05) is 12.1 Å². The molecule has 2 heterocycles. The second-order valence-electron chi connectivity index (χ2n) is 6.17. The van der Waals surface area contributed by atoms with Gasteiger partial charge in [-0.3, -0.25) is 14.5 Å². The van der Waals surface area contributed by atoms with Crippen LogP contribution in [-0.2, 0) is 22.2 Å². The van der Waals surface area contributed by atoms with Crippen LogP contribution in [0.1, 0.15) is 16.0 Å². The van der Waals surface area contributed by atoms with Crippen LogP contribution in [0.3, 0.4) is 0 Å². The van der Waals surface area contributed by atoms with Gasteiger partial charge in [0, 0.05) is 24.5 Å². The summed E-state index contributed by atoms with van der Waals surface area (Å²) in [4.78, 5) is 42.3. The van der Waals surface area contributed by atoms with Gasteiger partial charge in [-0.05, 0) is 17.7 Å². The minimum Gasteiger partial charge on any atom is -0.318 e. The lowest BCUT2D eigenvalue weighted by Gasteiger charge is -2.12. The first-order chi connectivity index (χ1) is 13.1. The van der Waals surface area contributed by atoms with Crippen LogP contribution in [0.2, 0.25) is 0 Å². The molecule has 2 aromatic rings. The molecule has 0 spiro atoms. The number of likely N-dealkylation sites (N-methyl/N-ethyl adjacent to an activating group) is 1. The van der Waals surface area contributed by atoms with Gasteiger partial charge >= 0.3 is 12.2 Å². The maximum absolute atomic E-state index is 12.6. The third-order valence-electron chi connectivity index (χ3n) is 3.99. The lowest BCUT2D eigenvalue weighted by molar-refractivity contribution is -0.137. The average Bonchev–Trinajstić information content (AvgIpc) is 3.14. The van der Waals surface area contributed by atoms with Crippen molar-refractivity contribution >= 4 is 34.3 Å². The molecule has 0 saturated carbocycles. The van der Waals surface area contributed by atoms with Crippen molar-refractivity contribution in [3.63, 3.8) is 0 Å². The second-order valence-corrected chi connectivity index (χ2v) is 7.29. The zero-order valence-electron chi connectivity index (χ0n) is 14.6. The molecule has 1 aliphatic heterocycles. The molecular weight excluding hydrogens is 397 g/mol. The van der Waals surface area contributed by atoms with Crippen LogP contribution in [0.5, 0.6) is 0 Å². The van der Waals surface area contributed by atoms with E-state index in [4.69, 9.17) is 0 Å². The summed E-state index contributed by atoms with van der Waals surface area (Å²) in [6.07, 6.45) is -2.51. The normalized spacial score (nSPS) is 14.7. The van der Waals surface area contributed by atoms with Gasteiger partial charge in [0.05, 0.1) is 5.56 Å². The number of aromatic nitrogens is 1. The highest BCUT2D eigenvalue weighted by Crippen LogP contribution is 2.30. The number of nitrogens with zero attached hydrogens (tertiary/aromatic N) is 3. The number of rotatable bonds is 5. The fourth-order valence-corrected chi connectivity index (χ4v) is 3.45. The molecular formula is C17H15F3N4O3S. The van der Waals surface area contributed by atoms with Crippen molar-refractivity contribution in [2.75, 3.05) is 25.5 Å². The third-order valence-corrected chi connectivity index (χ3v) is 4.90. The molecule has 11 heteroatoms. The number of hydrogen-bond donors (Lipinski definition) is 1. The first-order valence-corrected chi connectivity index (χ1v) is 8.91. The van der Waals surface area contributed by atoms with Crippen LogP contribution >= 0.6 is 11.3 Å². The minimum absolute atomic E-state index is 0.0688. The zero-order valence-corrected chi connectivity index (χ0v) is 15.4. The summed E-state index contributed by atoms with van der Waals surface area (Å²) < 4.78 is 37.8. The number of alkyl halides is 3. The lowest BCUT2D eigenvalue weighted by atomic mass is 10.1. The van der Waals surface area contributed by atoms with Crippen molar-refractivity contribution in [3.8, 4) is 0 Å². The summed E-state index contributed by atoms with van der Waals surface area (Å²) in [7, 11) is 1.46. The summed E-state index contributed by atoms with van der Waals surface area (Å²) in [6, 6.07) is 4.27. The summed E-state index contributed by atoms with van der Waals surface area (Å²) in [5.41, 5.74) is -0.0454. The third kappa shape index (κ3) is 4.47. The fraction of sp³-hybridized carbons (Fsp3) is 0.294. The summed E-state index contributed by atoms with van der Waals surface area (Å²) in [5, 5.41) is 2.79. The number of benzene rings is 1. The molecule has 28 heavy (non-hydrogen) atoms. The van der Waals surface area contributed by atoms with Crippen molar-refractivity contribution in [2.45, 2.75) is 12.6 Å². The molecule has 4 amide bonds. The molecule has 0 atom stereocenters. The molecule has 0 radical (unpaired) electrons. The molecule has 0 aliphatic carbocycles. The van der Waals surface area contributed by atoms with Crippen molar-refractivity contribution < 1.29 is 27.6 Å². The molecule has 1 aromatic carbocycles. The van der Waals surface area contributed by atoms with Crippen LogP contribution < -0.4 is 5.32 Å². The van der Waals surface area contributed by atoms with Crippen molar-refractivity contribution in [1.82, 2.24) is 14.8 Å². The number of nitrogens with one attached hydrogen (secondary N) is 1. The molecule has 0 bridgehead atoms. The quantitative estimate of drug-likeness (QED) is 0.766.